The molecule has 1 heterocycles. The van der Waals surface area contributed by atoms with Crippen LogP contribution in [0.2, 0.25) is 5.02 Å². The normalized spacial score (nSPS) is 13.5. The van der Waals surface area contributed by atoms with Crippen LogP contribution in [0.5, 0.6) is 0 Å². The van der Waals surface area contributed by atoms with Crippen LogP contribution in [0.25, 0.3) is 0 Å². The van der Waals surface area contributed by atoms with Crippen molar-refractivity contribution >= 4 is 40.6 Å². The highest BCUT2D eigenvalue weighted by molar-refractivity contribution is 6.34. The lowest BCUT2D eigenvalue weighted by Gasteiger charge is -2.13. The van der Waals surface area contributed by atoms with Crippen molar-refractivity contribution in [2.24, 2.45) is 5.10 Å². The maximum Gasteiger partial charge on any atom is 0.270 e. The number of amides is 2. The number of amidine groups is 1. The van der Waals surface area contributed by atoms with Crippen LogP contribution >= 0.6 is 11.6 Å². The number of carbonyl (C=O) groups is 2. The van der Waals surface area contributed by atoms with Crippen LogP contribution in [-0.2, 0) is 4.79 Å². The van der Waals surface area contributed by atoms with Gasteiger partial charge in [0.2, 0.25) is 0 Å². The van der Waals surface area contributed by atoms with Gasteiger partial charge in [0, 0.05) is 17.7 Å². The lowest BCUT2D eigenvalue weighted by atomic mass is 10.2. The summed E-state index contributed by atoms with van der Waals surface area (Å²) < 4.78 is 0. The van der Waals surface area contributed by atoms with E-state index >= 15 is 0 Å². The van der Waals surface area contributed by atoms with Crippen molar-refractivity contribution in [3.63, 3.8) is 0 Å². The number of hydrazone groups is 1. The Kier molecular flexibility index (Phi) is 4.68. The van der Waals surface area contributed by atoms with Crippen LogP contribution in [0.15, 0.2) is 47.6 Å². The number of carbonyl (C=O) groups excluding carboxylic acids is 2. The molecule has 1 aliphatic heterocycles. The molecule has 1 N–H and O–H groups in total. The second-order valence-electron chi connectivity index (χ2n) is 5.65. The third-order valence-corrected chi connectivity index (χ3v) is 3.99. The third-order valence-electron chi connectivity index (χ3n) is 3.68. The first-order valence-corrected chi connectivity index (χ1v) is 7.95. The fourth-order valence-electron chi connectivity index (χ4n) is 2.44. The molecule has 1 aliphatic rings. The fourth-order valence-corrected chi connectivity index (χ4v) is 2.75. The average molecular weight is 373 g/mol. The molecule has 0 saturated carbocycles. The van der Waals surface area contributed by atoms with Crippen molar-refractivity contribution in [2.45, 2.75) is 13.3 Å². The van der Waals surface area contributed by atoms with Gasteiger partial charge in [0.1, 0.15) is 5.84 Å². The van der Waals surface area contributed by atoms with Crippen LogP contribution < -0.4 is 10.3 Å². The second-order valence-corrected chi connectivity index (χ2v) is 6.05. The monoisotopic (exact) mass is 372 g/mol. The van der Waals surface area contributed by atoms with Gasteiger partial charge in [-0.25, -0.2) is 0 Å². The van der Waals surface area contributed by atoms with E-state index < -0.39 is 10.8 Å². The summed E-state index contributed by atoms with van der Waals surface area (Å²) in [5.41, 5.74) is 1.26. The largest absolute Gasteiger partial charge is 0.308 e. The van der Waals surface area contributed by atoms with Crippen molar-refractivity contribution < 1.29 is 14.5 Å². The minimum Gasteiger partial charge on any atom is -0.308 e. The van der Waals surface area contributed by atoms with E-state index in [9.17, 15) is 19.7 Å². The molecule has 0 saturated heterocycles. The zero-order valence-electron chi connectivity index (χ0n) is 13.6. The molecule has 132 valence electrons. The molecule has 0 unspecified atom stereocenters. The number of nitrogens with one attached hydrogen (secondary N) is 1. The molecular formula is C17H13ClN4O4. The van der Waals surface area contributed by atoms with Gasteiger partial charge in [-0.05, 0) is 30.7 Å². The number of hydrogen-bond donors (Lipinski definition) is 1. The maximum absolute atomic E-state index is 12.3. The Hall–Kier alpha value is -3.26. The van der Waals surface area contributed by atoms with Gasteiger partial charge in [0.25, 0.3) is 17.5 Å². The van der Waals surface area contributed by atoms with E-state index in [0.29, 0.717) is 10.7 Å². The fraction of sp³-hybridized carbons (Fsp3) is 0.118. The Labute approximate surface area is 153 Å². The number of nitro benzene ring substituents is 1. The predicted octanol–water partition coefficient (Wildman–Crippen LogP) is 3.04. The van der Waals surface area contributed by atoms with Gasteiger partial charge in [-0.15, -0.1) is 0 Å². The Morgan fingerprint density at radius 3 is 2.77 bits per heavy atom. The number of anilines is 1. The molecule has 0 spiro atoms. The lowest BCUT2D eigenvalue weighted by molar-refractivity contribution is -0.384. The van der Waals surface area contributed by atoms with E-state index in [1.165, 1.54) is 18.2 Å². The van der Waals surface area contributed by atoms with Crippen LogP contribution in [0, 0.1) is 17.0 Å². The van der Waals surface area contributed by atoms with Gasteiger partial charge in [0.15, 0.2) is 0 Å². The van der Waals surface area contributed by atoms with Crippen LogP contribution in [0.4, 0.5) is 11.4 Å². The van der Waals surface area contributed by atoms with Crippen molar-refractivity contribution in [2.75, 3.05) is 5.01 Å². The number of nitro groups is 1. The highest BCUT2D eigenvalue weighted by Gasteiger charge is 2.28. The smallest absolute Gasteiger partial charge is 0.270 e. The van der Waals surface area contributed by atoms with Crippen molar-refractivity contribution in [1.29, 1.82) is 0 Å². The summed E-state index contributed by atoms with van der Waals surface area (Å²) in [5, 5.41) is 18.9. The standard InChI is InChI=1S/C17H13ClN4O4/c1-10-5-6-14(13(18)7-10)21-16(23)9-15(20-21)19-17(24)11-3-2-4-12(8-11)22(25)26/h2-8H,9H2,1H3,(H,19,20,24). The summed E-state index contributed by atoms with van der Waals surface area (Å²) in [5.74, 6) is -0.787. The van der Waals surface area contributed by atoms with Crippen LogP contribution in [0.1, 0.15) is 22.3 Å². The number of non-ortho nitro benzene ring substituents is 1. The number of halogens is 1. The number of aryl methyl sites for hydroxylation is 1. The molecule has 0 atom stereocenters. The molecule has 3 rings (SSSR count). The zero-order valence-corrected chi connectivity index (χ0v) is 14.4. The molecule has 0 aliphatic carbocycles. The van der Waals surface area contributed by atoms with E-state index in [1.54, 1.807) is 18.2 Å². The highest BCUT2D eigenvalue weighted by atomic mass is 35.5. The molecule has 9 heteroatoms. The number of nitrogens with zero attached hydrogens (tertiary/aromatic N) is 3. The second kappa shape index (κ2) is 6.93. The minimum absolute atomic E-state index is 0.0983. The molecule has 0 radical (unpaired) electrons. The first kappa shape index (κ1) is 17.6. The van der Waals surface area contributed by atoms with E-state index in [-0.39, 0.29) is 29.4 Å². The van der Waals surface area contributed by atoms with E-state index in [4.69, 9.17) is 11.6 Å². The van der Waals surface area contributed by atoms with Gasteiger partial charge in [0.05, 0.1) is 22.1 Å². The Bertz CT molecular complexity index is 958. The molecule has 2 aromatic carbocycles. The van der Waals surface area contributed by atoms with Crippen LogP contribution in [0.3, 0.4) is 0 Å². The van der Waals surface area contributed by atoms with E-state index in [1.807, 2.05) is 6.92 Å². The number of benzene rings is 2. The molecular weight excluding hydrogens is 360 g/mol. The molecule has 0 fully saturated rings. The quantitative estimate of drug-likeness (QED) is 0.660. The molecule has 8 nitrogen and oxygen atoms in total. The average Bonchev–Trinajstić information content (AvgIpc) is 2.95. The first-order valence-electron chi connectivity index (χ1n) is 7.57. The Morgan fingerprint density at radius 1 is 1.31 bits per heavy atom. The molecule has 0 bridgehead atoms. The number of rotatable bonds is 3. The van der Waals surface area contributed by atoms with Gasteiger partial charge >= 0.3 is 0 Å². The lowest BCUT2D eigenvalue weighted by Crippen LogP contribution is -2.29. The predicted molar refractivity (Wildman–Crippen MR) is 96.3 cm³/mol. The molecule has 0 aromatic heterocycles. The zero-order chi connectivity index (χ0) is 18.8. The van der Waals surface area contributed by atoms with Gasteiger partial charge in [-0.1, -0.05) is 23.7 Å². The Morgan fingerprint density at radius 2 is 2.08 bits per heavy atom. The summed E-state index contributed by atoms with van der Waals surface area (Å²) in [7, 11) is 0. The maximum atomic E-state index is 12.3. The van der Waals surface area contributed by atoms with E-state index in [0.717, 1.165) is 16.6 Å². The summed E-state index contributed by atoms with van der Waals surface area (Å²) in [4.78, 5) is 34.7. The summed E-state index contributed by atoms with van der Waals surface area (Å²) in [6, 6.07) is 10.5. The summed E-state index contributed by atoms with van der Waals surface area (Å²) >= 11 is 6.16. The first-order chi connectivity index (χ1) is 12.3. The summed E-state index contributed by atoms with van der Waals surface area (Å²) in [6.07, 6.45) is -0.106. The van der Waals surface area contributed by atoms with Gasteiger partial charge < -0.3 is 5.32 Å². The third kappa shape index (κ3) is 3.55. The van der Waals surface area contributed by atoms with E-state index in [2.05, 4.69) is 10.4 Å². The van der Waals surface area contributed by atoms with Gasteiger partial charge in [-0.3, -0.25) is 19.7 Å². The van der Waals surface area contributed by atoms with Crippen LogP contribution in [-0.4, -0.2) is 22.6 Å². The SMILES string of the molecule is Cc1ccc(N2N=C(NC(=O)c3cccc([N+](=O)[O-])c3)CC2=O)c(Cl)c1. The molecule has 2 amide bonds. The molecule has 2 aromatic rings. The summed E-state index contributed by atoms with van der Waals surface area (Å²) in [6.45, 7) is 1.87. The molecule has 26 heavy (non-hydrogen) atoms. The number of hydrogen-bond acceptors (Lipinski definition) is 5. The van der Waals surface area contributed by atoms with Gasteiger partial charge in [-0.2, -0.15) is 10.1 Å². The topological polar surface area (TPSA) is 105 Å². The highest BCUT2D eigenvalue weighted by Crippen LogP contribution is 2.29. The Balaban J connectivity index is 1.80. The minimum atomic E-state index is -0.589. The van der Waals surface area contributed by atoms with Crippen molar-refractivity contribution in [3.05, 3.63) is 68.7 Å². The van der Waals surface area contributed by atoms with Crippen molar-refractivity contribution in [1.82, 2.24) is 5.32 Å². The van der Waals surface area contributed by atoms with Crippen molar-refractivity contribution in [3.8, 4) is 0 Å².